The van der Waals surface area contributed by atoms with Crippen LogP contribution in [0.25, 0.3) is 0 Å². The average Bonchev–Trinajstić information content (AvgIpc) is 3.06. The maximum atomic E-state index is 12.2. The lowest BCUT2D eigenvalue weighted by molar-refractivity contribution is -0.117. The molecular weight excluding hydrogens is 318 g/mol. The van der Waals surface area contributed by atoms with Crippen molar-refractivity contribution < 1.29 is 14.3 Å². The van der Waals surface area contributed by atoms with Gasteiger partial charge in [0.25, 0.3) is 0 Å². The summed E-state index contributed by atoms with van der Waals surface area (Å²) in [6.45, 7) is 0.808. The number of carbonyl (C=O) groups excluding carboxylic acids is 2. The van der Waals surface area contributed by atoms with Gasteiger partial charge >= 0.3 is 0 Å². The van der Waals surface area contributed by atoms with E-state index >= 15 is 0 Å². The van der Waals surface area contributed by atoms with Crippen LogP contribution >= 0.6 is 0 Å². The van der Waals surface area contributed by atoms with Crippen LogP contribution in [0.2, 0.25) is 0 Å². The number of amides is 2. The van der Waals surface area contributed by atoms with Crippen LogP contribution in [-0.2, 0) is 9.59 Å². The lowest BCUT2D eigenvalue weighted by Gasteiger charge is -2.20. The molecule has 1 aliphatic heterocycles. The van der Waals surface area contributed by atoms with Crippen molar-refractivity contribution in [2.45, 2.75) is 12.8 Å². The number of anilines is 3. The quantitative estimate of drug-likeness (QED) is 0.849. The predicted octanol–water partition coefficient (Wildman–Crippen LogP) is 2.87. The maximum Gasteiger partial charge on any atom is 0.243 e. The monoisotopic (exact) mass is 339 g/mol. The first-order valence-corrected chi connectivity index (χ1v) is 8.25. The molecule has 1 saturated heterocycles. The number of methoxy groups -OCH3 is 1. The van der Waals surface area contributed by atoms with Crippen LogP contribution in [0, 0.1) is 0 Å². The zero-order valence-electron chi connectivity index (χ0n) is 14.1. The molecule has 0 bridgehead atoms. The Morgan fingerprint density at radius 1 is 1.12 bits per heavy atom. The highest BCUT2D eigenvalue weighted by Crippen LogP contribution is 2.29. The van der Waals surface area contributed by atoms with E-state index in [4.69, 9.17) is 4.74 Å². The van der Waals surface area contributed by atoms with Crippen molar-refractivity contribution in [1.29, 1.82) is 0 Å². The van der Waals surface area contributed by atoms with Gasteiger partial charge in [0.15, 0.2) is 0 Å². The van der Waals surface area contributed by atoms with E-state index < -0.39 is 0 Å². The molecule has 0 spiro atoms. The molecule has 2 aromatic rings. The van der Waals surface area contributed by atoms with E-state index in [1.165, 1.54) is 0 Å². The number of carbonyl (C=O) groups is 2. The number of rotatable bonds is 6. The minimum Gasteiger partial charge on any atom is -0.495 e. The molecule has 2 aromatic carbocycles. The topological polar surface area (TPSA) is 70.7 Å². The third-order valence-electron chi connectivity index (χ3n) is 4.09. The van der Waals surface area contributed by atoms with Gasteiger partial charge in [-0.2, -0.15) is 0 Å². The summed E-state index contributed by atoms with van der Waals surface area (Å²) >= 11 is 0. The van der Waals surface area contributed by atoms with Crippen molar-refractivity contribution in [3.8, 4) is 5.75 Å². The number of para-hydroxylation sites is 4. The molecule has 2 N–H and O–H groups in total. The molecule has 6 heteroatoms. The fourth-order valence-corrected chi connectivity index (χ4v) is 2.88. The number of ether oxygens (including phenoxy) is 1. The Balaban J connectivity index is 1.66. The van der Waals surface area contributed by atoms with Gasteiger partial charge in [0.1, 0.15) is 5.75 Å². The Morgan fingerprint density at radius 3 is 2.56 bits per heavy atom. The van der Waals surface area contributed by atoms with Crippen LogP contribution in [0.15, 0.2) is 48.5 Å². The summed E-state index contributed by atoms with van der Waals surface area (Å²) in [5.41, 5.74) is 2.21. The Morgan fingerprint density at radius 2 is 1.84 bits per heavy atom. The van der Waals surface area contributed by atoms with E-state index in [0.717, 1.165) is 17.8 Å². The first-order valence-electron chi connectivity index (χ1n) is 8.25. The van der Waals surface area contributed by atoms with Gasteiger partial charge in [0.05, 0.1) is 30.7 Å². The predicted molar refractivity (Wildman–Crippen MR) is 98.1 cm³/mol. The zero-order chi connectivity index (χ0) is 17.6. The fourth-order valence-electron chi connectivity index (χ4n) is 2.88. The first-order chi connectivity index (χ1) is 12.2. The van der Waals surface area contributed by atoms with E-state index in [1.54, 1.807) is 24.1 Å². The minimum absolute atomic E-state index is 0.0943. The lowest BCUT2D eigenvalue weighted by Crippen LogP contribution is -2.26. The SMILES string of the molecule is COc1ccccc1NC(=O)CNc1ccccc1N1CCCC1=O. The largest absolute Gasteiger partial charge is 0.495 e. The molecule has 130 valence electrons. The molecule has 0 radical (unpaired) electrons. The van der Waals surface area contributed by atoms with Gasteiger partial charge < -0.3 is 20.3 Å². The molecule has 3 rings (SSSR count). The second-order valence-electron chi connectivity index (χ2n) is 5.77. The van der Waals surface area contributed by atoms with Crippen molar-refractivity contribution in [3.05, 3.63) is 48.5 Å². The van der Waals surface area contributed by atoms with Crippen molar-refractivity contribution >= 4 is 28.9 Å². The van der Waals surface area contributed by atoms with Crippen LogP contribution in [0.1, 0.15) is 12.8 Å². The van der Waals surface area contributed by atoms with Crippen LogP contribution in [0.3, 0.4) is 0 Å². The molecule has 0 aromatic heterocycles. The number of nitrogens with one attached hydrogen (secondary N) is 2. The molecule has 25 heavy (non-hydrogen) atoms. The Hall–Kier alpha value is -3.02. The van der Waals surface area contributed by atoms with Crippen molar-refractivity contribution in [2.75, 3.05) is 35.7 Å². The first kappa shape index (κ1) is 16.8. The fraction of sp³-hybridized carbons (Fsp3) is 0.263. The van der Waals surface area contributed by atoms with E-state index in [9.17, 15) is 9.59 Å². The van der Waals surface area contributed by atoms with Crippen molar-refractivity contribution in [2.24, 2.45) is 0 Å². The molecule has 1 aliphatic rings. The summed E-state index contributed by atoms with van der Waals surface area (Å²) in [6.07, 6.45) is 1.43. The number of nitrogens with zero attached hydrogens (tertiary/aromatic N) is 1. The van der Waals surface area contributed by atoms with E-state index in [1.807, 2.05) is 36.4 Å². The van der Waals surface area contributed by atoms with E-state index in [-0.39, 0.29) is 18.4 Å². The van der Waals surface area contributed by atoms with Gasteiger partial charge in [-0.3, -0.25) is 9.59 Å². The minimum atomic E-state index is -0.188. The van der Waals surface area contributed by atoms with Crippen molar-refractivity contribution in [1.82, 2.24) is 0 Å². The molecule has 0 atom stereocenters. The Bertz CT molecular complexity index is 776. The lowest BCUT2D eigenvalue weighted by atomic mass is 10.2. The molecule has 0 unspecified atom stereocenters. The summed E-state index contributed by atoms with van der Waals surface area (Å²) < 4.78 is 5.23. The molecule has 0 saturated carbocycles. The second-order valence-corrected chi connectivity index (χ2v) is 5.77. The van der Waals surface area contributed by atoms with Crippen LogP contribution in [0.5, 0.6) is 5.75 Å². The van der Waals surface area contributed by atoms with Crippen LogP contribution < -0.4 is 20.3 Å². The second kappa shape index (κ2) is 7.70. The molecule has 0 aliphatic carbocycles. The smallest absolute Gasteiger partial charge is 0.243 e. The zero-order valence-corrected chi connectivity index (χ0v) is 14.1. The van der Waals surface area contributed by atoms with Crippen LogP contribution in [-0.4, -0.2) is 32.0 Å². The van der Waals surface area contributed by atoms with E-state index in [2.05, 4.69) is 10.6 Å². The molecule has 1 fully saturated rings. The van der Waals surface area contributed by atoms with Gasteiger partial charge in [-0.25, -0.2) is 0 Å². The summed E-state index contributed by atoms with van der Waals surface area (Å²) in [5.74, 6) is 0.540. The van der Waals surface area contributed by atoms with Crippen molar-refractivity contribution in [3.63, 3.8) is 0 Å². The average molecular weight is 339 g/mol. The highest BCUT2D eigenvalue weighted by molar-refractivity contribution is 5.99. The van der Waals surface area contributed by atoms with Crippen LogP contribution in [0.4, 0.5) is 17.1 Å². The molecule has 6 nitrogen and oxygen atoms in total. The summed E-state index contributed by atoms with van der Waals surface area (Å²) in [6, 6.07) is 14.8. The molecule has 1 heterocycles. The van der Waals surface area contributed by atoms with Gasteiger partial charge in [-0.15, -0.1) is 0 Å². The summed E-state index contributed by atoms with van der Waals surface area (Å²) in [4.78, 5) is 26.0. The Labute approximate surface area is 146 Å². The summed E-state index contributed by atoms with van der Waals surface area (Å²) in [5, 5.41) is 5.94. The van der Waals surface area contributed by atoms with Gasteiger partial charge in [0.2, 0.25) is 11.8 Å². The third kappa shape index (κ3) is 3.91. The highest BCUT2D eigenvalue weighted by Gasteiger charge is 2.23. The van der Waals surface area contributed by atoms with Gasteiger partial charge in [-0.05, 0) is 30.7 Å². The molecular formula is C19H21N3O3. The third-order valence-corrected chi connectivity index (χ3v) is 4.09. The number of hydrogen-bond donors (Lipinski definition) is 2. The standard InChI is InChI=1S/C19H21N3O3/c1-25-17-10-5-3-8-15(17)21-18(23)13-20-14-7-2-4-9-16(14)22-12-6-11-19(22)24/h2-5,7-10,20H,6,11-13H2,1H3,(H,21,23). The Kier molecular flexibility index (Phi) is 5.18. The normalized spacial score (nSPS) is 13.6. The summed E-state index contributed by atoms with van der Waals surface area (Å²) in [7, 11) is 1.56. The highest BCUT2D eigenvalue weighted by atomic mass is 16.5. The van der Waals surface area contributed by atoms with Gasteiger partial charge in [-0.1, -0.05) is 24.3 Å². The number of benzene rings is 2. The maximum absolute atomic E-state index is 12.2. The van der Waals surface area contributed by atoms with Gasteiger partial charge in [0, 0.05) is 13.0 Å². The molecule has 2 amide bonds. The van der Waals surface area contributed by atoms with E-state index in [0.29, 0.717) is 24.4 Å². The number of hydrogen-bond acceptors (Lipinski definition) is 4.